The predicted octanol–water partition coefficient (Wildman–Crippen LogP) is -2.21. The van der Waals surface area contributed by atoms with Crippen LogP contribution in [0, 0.1) is 5.92 Å². The third-order valence-electron chi connectivity index (χ3n) is 3.07. The van der Waals surface area contributed by atoms with E-state index in [9.17, 15) is 20.4 Å². The van der Waals surface area contributed by atoms with E-state index in [1.165, 1.54) is 0 Å². The number of aliphatic hydroxyl groups is 5. The van der Waals surface area contributed by atoms with Gasteiger partial charge >= 0.3 is 0 Å². The van der Waals surface area contributed by atoms with Gasteiger partial charge in [0, 0.05) is 5.92 Å². The first kappa shape index (κ1) is 17.7. The minimum Gasteiger partial charge on any atom is -0.394 e. The molecule has 1 rings (SSSR count). The first-order valence-corrected chi connectivity index (χ1v) is 6.60. The zero-order chi connectivity index (χ0) is 15.3. The minimum atomic E-state index is -1.46. The molecule has 6 atom stereocenters. The summed E-state index contributed by atoms with van der Waals surface area (Å²) in [5.41, 5.74) is 0. The molecule has 0 spiro atoms. The molecule has 0 bridgehead atoms. The van der Waals surface area contributed by atoms with Crippen molar-refractivity contribution in [2.24, 2.45) is 5.92 Å². The summed E-state index contributed by atoms with van der Waals surface area (Å²) in [5, 5.41) is 47.2. The van der Waals surface area contributed by atoms with Crippen LogP contribution in [0.15, 0.2) is 0 Å². The summed E-state index contributed by atoms with van der Waals surface area (Å²) in [6, 6.07) is 0. The van der Waals surface area contributed by atoms with Gasteiger partial charge in [-0.2, -0.15) is 0 Å². The maximum absolute atomic E-state index is 9.69. The Morgan fingerprint density at radius 2 is 1.70 bits per heavy atom. The van der Waals surface area contributed by atoms with Crippen LogP contribution >= 0.6 is 0 Å². The summed E-state index contributed by atoms with van der Waals surface area (Å²) >= 11 is 0. The molecule has 0 saturated carbocycles. The summed E-state index contributed by atoms with van der Waals surface area (Å²) in [6.45, 7) is 3.18. The second-order valence-corrected chi connectivity index (χ2v) is 5.07. The summed E-state index contributed by atoms with van der Waals surface area (Å²) in [5.74, 6) is -0.0535. The van der Waals surface area contributed by atoms with Crippen molar-refractivity contribution in [2.75, 3.05) is 19.8 Å². The monoisotopic (exact) mass is 296 g/mol. The quantitative estimate of drug-likeness (QED) is 0.264. The highest BCUT2D eigenvalue weighted by Gasteiger charge is 2.43. The average Bonchev–Trinajstić information content (AvgIpc) is 2.42. The Hall–Kier alpha value is -0.320. The first-order valence-electron chi connectivity index (χ1n) is 6.60. The number of aliphatic hydroxyl groups excluding tert-OH is 5. The van der Waals surface area contributed by atoms with Crippen molar-refractivity contribution in [1.29, 1.82) is 0 Å². The fourth-order valence-corrected chi connectivity index (χ4v) is 1.73. The normalized spacial score (nSPS) is 36.3. The van der Waals surface area contributed by atoms with Crippen molar-refractivity contribution in [3.05, 3.63) is 0 Å². The highest BCUT2D eigenvalue weighted by molar-refractivity contribution is 4.88. The lowest BCUT2D eigenvalue weighted by molar-refractivity contribution is -0.304. The molecule has 5 N–H and O–H groups in total. The molecule has 0 aromatic heterocycles. The Kier molecular flexibility index (Phi) is 7.27. The largest absolute Gasteiger partial charge is 0.394 e. The number of ether oxygens (including phenoxy) is 3. The Morgan fingerprint density at radius 1 is 1.05 bits per heavy atom. The van der Waals surface area contributed by atoms with Gasteiger partial charge in [0.05, 0.1) is 19.8 Å². The molecule has 1 aliphatic heterocycles. The maximum Gasteiger partial charge on any atom is 0.186 e. The van der Waals surface area contributed by atoms with Gasteiger partial charge in [0.1, 0.15) is 24.4 Å². The highest BCUT2D eigenvalue weighted by Crippen LogP contribution is 2.21. The van der Waals surface area contributed by atoms with E-state index in [-0.39, 0.29) is 19.1 Å². The van der Waals surface area contributed by atoms with Gasteiger partial charge in [0.25, 0.3) is 0 Å². The number of hydrogen-bond acceptors (Lipinski definition) is 8. The lowest BCUT2D eigenvalue weighted by Crippen LogP contribution is -2.59. The van der Waals surface area contributed by atoms with Crippen molar-refractivity contribution in [3.63, 3.8) is 0 Å². The van der Waals surface area contributed by atoms with Crippen molar-refractivity contribution in [3.8, 4) is 0 Å². The van der Waals surface area contributed by atoms with Crippen LogP contribution in [-0.4, -0.2) is 82.3 Å². The molecule has 20 heavy (non-hydrogen) atoms. The van der Waals surface area contributed by atoms with Gasteiger partial charge in [0.15, 0.2) is 12.6 Å². The molecule has 0 aromatic rings. The lowest BCUT2D eigenvalue weighted by atomic mass is 9.99. The standard InChI is InChI=1S/C12H24O8/c1-6(2)11(17)18-3-4-19-12-10(16)9(15)8(14)7(5-13)20-12/h6-17H,3-5H2,1-2H3/t7?,8-,9?,10?,11?,12-/m1/s1. The van der Waals surface area contributed by atoms with Crippen molar-refractivity contribution < 1.29 is 39.7 Å². The van der Waals surface area contributed by atoms with E-state index in [2.05, 4.69) is 0 Å². The Morgan fingerprint density at radius 3 is 2.25 bits per heavy atom. The molecule has 4 unspecified atom stereocenters. The number of hydrogen-bond donors (Lipinski definition) is 5. The van der Waals surface area contributed by atoms with Crippen LogP contribution in [0.5, 0.6) is 0 Å². The summed E-state index contributed by atoms with van der Waals surface area (Å²) in [7, 11) is 0. The molecule has 120 valence electrons. The van der Waals surface area contributed by atoms with E-state index in [0.717, 1.165) is 0 Å². The third kappa shape index (κ3) is 4.61. The molecule has 1 heterocycles. The molecule has 8 heteroatoms. The topological polar surface area (TPSA) is 129 Å². The van der Waals surface area contributed by atoms with E-state index >= 15 is 0 Å². The molecule has 8 nitrogen and oxygen atoms in total. The van der Waals surface area contributed by atoms with E-state index in [1.54, 1.807) is 13.8 Å². The summed E-state index contributed by atoms with van der Waals surface area (Å²) in [6.07, 6.45) is -7.39. The van der Waals surface area contributed by atoms with Gasteiger partial charge in [-0.1, -0.05) is 13.8 Å². The van der Waals surface area contributed by atoms with Crippen LogP contribution in [0.2, 0.25) is 0 Å². The van der Waals surface area contributed by atoms with E-state index < -0.39 is 43.6 Å². The van der Waals surface area contributed by atoms with Gasteiger partial charge in [0.2, 0.25) is 0 Å². The van der Waals surface area contributed by atoms with Gasteiger partial charge in [-0.05, 0) is 0 Å². The Balaban J connectivity index is 2.35. The van der Waals surface area contributed by atoms with E-state index in [1.807, 2.05) is 0 Å². The van der Waals surface area contributed by atoms with E-state index in [4.69, 9.17) is 19.3 Å². The average molecular weight is 296 g/mol. The maximum atomic E-state index is 9.69. The first-order chi connectivity index (χ1) is 9.38. The van der Waals surface area contributed by atoms with Gasteiger partial charge in [-0.25, -0.2) is 0 Å². The van der Waals surface area contributed by atoms with Gasteiger partial charge in [-0.15, -0.1) is 0 Å². The van der Waals surface area contributed by atoms with Gasteiger partial charge in [-0.3, -0.25) is 0 Å². The summed E-state index contributed by atoms with van der Waals surface area (Å²) in [4.78, 5) is 0. The van der Waals surface area contributed by atoms with Gasteiger partial charge < -0.3 is 39.7 Å². The molecular weight excluding hydrogens is 272 g/mol. The zero-order valence-electron chi connectivity index (χ0n) is 11.6. The van der Waals surface area contributed by atoms with Crippen LogP contribution in [0.1, 0.15) is 13.8 Å². The van der Waals surface area contributed by atoms with Crippen molar-refractivity contribution >= 4 is 0 Å². The second kappa shape index (κ2) is 8.20. The van der Waals surface area contributed by atoms with E-state index in [0.29, 0.717) is 0 Å². The molecule has 0 amide bonds. The fourth-order valence-electron chi connectivity index (χ4n) is 1.73. The van der Waals surface area contributed by atoms with Crippen LogP contribution < -0.4 is 0 Å². The zero-order valence-corrected chi connectivity index (χ0v) is 11.6. The molecule has 0 aromatic carbocycles. The van der Waals surface area contributed by atoms with Crippen molar-refractivity contribution in [1.82, 2.24) is 0 Å². The van der Waals surface area contributed by atoms with Crippen molar-refractivity contribution in [2.45, 2.75) is 50.8 Å². The summed E-state index contributed by atoms with van der Waals surface area (Å²) < 4.78 is 15.4. The molecule has 1 fully saturated rings. The second-order valence-electron chi connectivity index (χ2n) is 5.07. The molecule has 0 radical (unpaired) electrons. The fraction of sp³-hybridized carbons (Fsp3) is 1.00. The Labute approximate surface area is 117 Å². The molecule has 1 saturated heterocycles. The smallest absolute Gasteiger partial charge is 0.186 e. The minimum absolute atomic E-state index is 0.0203. The molecule has 1 aliphatic rings. The van der Waals surface area contributed by atoms with Crippen LogP contribution in [0.4, 0.5) is 0 Å². The Bertz CT molecular complexity index is 272. The van der Waals surface area contributed by atoms with Crippen LogP contribution in [0.3, 0.4) is 0 Å². The lowest BCUT2D eigenvalue weighted by Gasteiger charge is -2.39. The van der Waals surface area contributed by atoms with Crippen LogP contribution in [-0.2, 0) is 14.2 Å². The number of rotatable bonds is 7. The molecule has 0 aliphatic carbocycles. The highest BCUT2D eigenvalue weighted by atomic mass is 16.7. The molecular formula is C12H24O8. The predicted molar refractivity (Wildman–Crippen MR) is 66.5 cm³/mol. The SMILES string of the molecule is CC(C)C(O)OCCO[C@@H]1OC(CO)[C@@H](O)C(O)C1O. The van der Waals surface area contributed by atoms with Crippen LogP contribution in [0.25, 0.3) is 0 Å². The third-order valence-corrected chi connectivity index (χ3v) is 3.07.